The highest BCUT2D eigenvalue weighted by molar-refractivity contribution is 5.80. The molecule has 5 heteroatoms. The monoisotopic (exact) mass is 387 g/mol. The Balaban J connectivity index is 1.42. The van der Waals surface area contributed by atoms with Crippen molar-refractivity contribution in [2.75, 3.05) is 0 Å². The van der Waals surface area contributed by atoms with Crippen LogP contribution in [0.5, 0.6) is 0 Å². The van der Waals surface area contributed by atoms with Crippen molar-refractivity contribution in [1.29, 1.82) is 0 Å². The van der Waals surface area contributed by atoms with Crippen LogP contribution in [0.1, 0.15) is 50.3 Å². The van der Waals surface area contributed by atoms with Gasteiger partial charge in [-0.1, -0.05) is 36.4 Å². The molecule has 5 rings (SSSR count). The second kappa shape index (κ2) is 6.76. The first-order valence-corrected chi connectivity index (χ1v) is 10.2. The van der Waals surface area contributed by atoms with Crippen molar-refractivity contribution in [1.82, 2.24) is 14.9 Å². The van der Waals surface area contributed by atoms with Crippen LogP contribution in [-0.4, -0.2) is 32.6 Å². The summed E-state index contributed by atoms with van der Waals surface area (Å²) in [5, 5.41) is 0. The quantitative estimate of drug-likeness (QED) is 0.648. The molecule has 1 aliphatic heterocycles. The van der Waals surface area contributed by atoms with Crippen molar-refractivity contribution in [3.63, 3.8) is 0 Å². The molecule has 0 radical (unpaired) electrons. The lowest BCUT2D eigenvalue weighted by molar-refractivity contribution is 0.0668. The minimum absolute atomic E-state index is 0.0758. The molecule has 5 nitrogen and oxygen atoms in total. The third-order valence-corrected chi connectivity index (χ3v) is 6.16. The fourth-order valence-electron chi connectivity index (χ4n) is 4.78. The lowest BCUT2D eigenvalue weighted by Gasteiger charge is -2.36. The summed E-state index contributed by atoms with van der Waals surface area (Å²) in [6.07, 6.45) is 8.58. The number of benzene rings is 1. The molecular formula is C24H25N3O2. The Morgan fingerprint density at radius 1 is 1.21 bits per heavy atom. The Bertz CT molecular complexity index is 1080. The Morgan fingerprint density at radius 2 is 2.03 bits per heavy atom. The predicted octanol–water partition coefficient (Wildman–Crippen LogP) is 5.47. The van der Waals surface area contributed by atoms with E-state index in [0.717, 1.165) is 41.4 Å². The van der Waals surface area contributed by atoms with Crippen molar-refractivity contribution in [2.24, 2.45) is 0 Å². The number of carbonyl (C=O) groups excluding carboxylic acids is 1. The topological polar surface area (TPSA) is 58.2 Å². The molecule has 0 bridgehead atoms. The van der Waals surface area contributed by atoms with Gasteiger partial charge in [0, 0.05) is 18.4 Å². The number of ether oxygens (including phenoxy) is 1. The summed E-state index contributed by atoms with van der Waals surface area (Å²) >= 11 is 0. The molecule has 1 fully saturated rings. The largest absolute Gasteiger partial charge is 0.441 e. The van der Waals surface area contributed by atoms with Crippen LogP contribution in [0.15, 0.2) is 60.9 Å². The van der Waals surface area contributed by atoms with Gasteiger partial charge in [-0.25, -0.2) is 4.79 Å². The average molecular weight is 387 g/mol. The van der Waals surface area contributed by atoms with Gasteiger partial charge in [-0.2, -0.15) is 0 Å². The number of pyridine rings is 1. The van der Waals surface area contributed by atoms with E-state index in [2.05, 4.69) is 34.2 Å². The summed E-state index contributed by atoms with van der Waals surface area (Å²) in [7, 11) is 0. The van der Waals surface area contributed by atoms with Gasteiger partial charge in [-0.3, -0.25) is 9.88 Å². The van der Waals surface area contributed by atoms with Gasteiger partial charge in [-0.15, -0.1) is 0 Å². The molecule has 1 N–H and O–H groups in total. The number of allylic oxidation sites excluding steroid dienone is 1. The smallest absolute Gasteiger partial charge is 0.411 e. The molecule has 1 aromatic carbocycles. The number of cyclic esters (lactones) is 1. The van der Waals surface area contributed by atoms with Crippen LogP contribution in [0, 0.1) is 0 Å². The second-order valence-corrected chi connectivity index (χ2v) is 8.48. The number of H-pyrrole nitrogens is 1. The van der Waals surface area contributed by atoms with E-state index in [0.29, 0.717) is 0 Å². The van der Waals surface area contributed by atoms with Crippen LogP contribution < -0.4 is 0 Å². The van der Waals surface area contributed by atoms with Gasteiger partial charge in [0.2, 0.25) is 0 Å². The molecule has 148 valence electrons. The van der Waals surface area contributed by atoms with Crippen LogP contribution in [-0.2, 0) is 4.74 Å². The highest BCUT2D eigenvalue weighted by Gasteiger charge is 2.50. The summed E-state index contributed by atoms with van der Waals surface area (Å²) in [6, 6.07) is 14.4. The van der Waals surface area contributed by atoms with Crippen LogP contribution in [0.4, 0.5) is 4.79 Å². The molecule has 2 atom stereocenters. The van der Waals surface area contributed by atoms with Crippen LogP contribution >= 0.6 is 0 Å². The van der Waals surface area contributed by atoms with E-state index >= 15 is 0 Å². The fraction of sp³-hybridized carbons (Fsp3) is 0.333. The van der Waals surface area contributed by atoms with Gasteiger partial charge in [0.25, 0.3) is 0 Å². The highest BCUT2D eigenvalue weighted by atomic mass is 16.6. The molecular weight excluding hydrogens is 362 g/mol. The molecule has 3 aromatic rings. The first-order chi connectivity index (χ1) is 14.0. The van der Waals surface area contributed by atoms with E-state index in [1.165, 1.54) is 5.57 Å². The van der Waals surface area contributed by atoms with E-state index in [4.69, 9.17) is 4.74 Å². The molecule has 0 saturated carbocycles. The summed E-state index contributed by atoms with van der Waals surface area (Å²) in [5.41, 5.74) is 5.07. The van der Waals surface area contributed by atoms with E-state index in [1.54, 1.807) is 0 Å². The zero-order valence-corrected chi connectivity index (χ0v) is 16.8. The van der Waals surface area contributed by atoms with Gasteiger partial charge < -0.3 is 9.72 Å². The molecule has 1 saturated heterocycles. The third-order valence-electron chi connectivity index (χ3n) is 6.16. The molecule has 2 aromatic heterocycles. The number of fused-ring (bicyclic) bond motifs is 1. The highest BCUT2D eigenvalue weighted by Crippen LogP contribution is 2.44. The Hall–Kier alpha value is -3.08. The SMILES string of the molecule is CC1(C)OC(=O)N([C@@H]2CC=C(c3cnc4cc[nH]c4c3)CC2)C1c1ccccc1. The summed E-state index contributed by atoms with van der Waals surface area (Å²) in [4.78, 5) is 22.5. The summed E-state index contributed by atoms with van der Waals surface area (Å²) < 4.78 is 5.78. The molecule has 29 heavy (non-hydrogen) atoms. The van der Waals surface area contributed by atoms with E-state index < -0.39 is 5.60 Å². The van der Waals surface area contributed by atoms with Gasteiger partial charge in [-0.05, 0) is 61.9 Å². The first kappa shape index (κ1) is 18.0. The van der Waals surface area contributed by atoms with E-state index in [1.807, 2.05) is 55.4 Å². The minimum atomic E-state index is -0.551. The summed E-state index contributed by atoms with van der Waals surface area (Å²) in [6.45, 7) is 4.01. The van der Waals surface area contributed by atoms with Crippen molar-refractivity contribution in [2.45, 2.75) is 50.8 Å². The van der Waals surface area contributed by atoms with Crippen LogP contribution in [0.3, 0.4) is 0 Å². The number of rotatable bonds is 3. The zero-order valence-electron chi connectivity index (χ0n) is 16.8. The van der Waals surface area contributed by atoms with E-state index in [9.17, 15) is 4.79 Å². The maximum Gasteiger partial charge on any atom is 0.411 e. The number of amides is 1. The summed E-state index contributed by atoms with van der Waals surface area (Å²) in [5.74, 6) is 0. The molecule has 0 spiro atoms. The van der Waals surface area contributed by atoms with Crippen molar-refractivity contribution in [3.8, 4) is 0 Å². The predicted molar refractivity (Wildman–Crippen MR) is 113 cm³/mol. The molecule has 3 heterocycles. The van der Waals surface area contributed by atoms with Crippen molar-refractivity contribution >= 4 is 22.7 Å². The molecule has 1 aliphatic carbocycles. The number of hydrogen-bond donors (Lipinski definition) is 1. The number of hydrogen-bond acceptors (Lipinski definition) is 3. The van der Waals surface area contributed by atoms with Gasteiger partial charge in [0.1, 0.15) is 5.60 Å². The van der Waals surface area contributed by atoms with Crippen LogP contribution in [0.2, 0.25) is 0 Å². The maximum atomic E-state index is 12.8. The molecule has 2 aliphatic rings. The maximum absolute atomic E-state index is 12.8. The molecule has 1 amide bonds. The Morgan fingerprint density at radius 3 is 2.79 bits per heavy atom. The van der Waals surface area contributed by atoms with Gasteiger partial charge in [0.05, 0.1) is 17.1 Å². The fourth-order valence-corrected chi connectivity index (χ4v) is 4.78. The van der Waals surface area contributed by atoms with Crippen LogP contribution in [0.25, 0.3) is 16.6 Å². The number of nitrogens with one attached hydrogen (secondary N) is 1. The van der Waals surface area contributed by atoms with E-state index in [-0.39, 0.29) is 18.2 Å². The van der Waals surface area contributed by atoms with Gasteiger partial charge in [0.15, 0.2) is 0 Å². The number of aromatic amines is 1. The molecule has 1 unspecified atom stereocenters. The normalized spacial score (nSPS) is 23.9. The number of nitrogens with zero attached hydrogens (tertiary/aromatic N) is 2. The van der Waals surface area contributed by atoms with Crippen molar-refractivity contribution in [3.05, 3.63) is 72.1 Å². The number of carbonyl (C=O) groups is 1. The average Bonchev–Trinajstić information content (AvgIpc) is 3.29. The zero-order chi connectivity index (χ0) is 20.0. The number of aromatic nitrogens is 2. The lowest BCUT2D eigenvalue weighted by Crippen LogP contribution is -2.41. The first-order valence-electron chi connectivity index (χ1n) is 10.2. The van der Waals surface area contributed by atoms with Crippen molar-refractivity contribution < 1.29 is 9.53 Å². The Labute approximate surface area is 170 Å². The third kappa shape index (κ3) is 3.11. The standard InChI is InChI=1S/C24H25N3O2/c1-24(2)22(17-6-4-3-5-7-17)27(23(28)29-24)19-10-8-16(9-11-19)18-14-21-20(26-15-18)12-13-25-21/h3-8,12-15,19,22,25H,9-11H2,1-2H3/t19-,22?/m1/s1. The Kier molecular flexibility index (Phi) is 4.19. The minimum Gasteiger partial charge on any atom is -0.441 e. The second-order valence-electron chi connectivity index (χ2n) is 8.48. The lowest BCUT2D eigenvalue weighted by atomic mass is 9.86. The van der Waals surface area contributed by atoms with Gasteiger partial charge >= 0.3 is 6.09 Å².